The van der Waals surface area contributed by atoms with Gasteiger partial charge in [-0.15, -0.1) is 0 Å². The lowest BCUT2D eigenvalue weighted by Crippen LogP contribution is -2.39. The topological polar surface area (TPSA) is 38.3 Å². The number of hydrogen-bond donors (Lipinski definition) is 1. The SMILES string of the molecule is CC[C@@H](Oc1ccc(C)cc1C)C(=O)N[C@H](C)c1ccc2c(c1)CCCC2. The van der Waals surface area contributed by atoms with Gasteiger partial charge in [0, 0.05) is 0 Å². The van der Waals surface area contributed by atoms with Crippen LogP contribution in [-0.2, 0) is 17.6 Å². The Morgan fingerprint density at radius 3 is 2.52 bits per heavy atom. The van der Waals surface area contributed by atoms with Crippen LogP contribution < -0.4 is 10.1 Å². The number of carbonyl (C=O) groups is 1. The van der Waals surface area contributed by atoms with Gasteiger partial charge in [-0.1, -0.05) is 42.8 Å². The average molecular weight is 366 g/mol. The molecule has 2 aromatic rings. The number of amides is 1. The molecule has 0 aliphatic heterocycles. The van der Waals surface area contributed by atoms with Crippen LogP contribution in [0.3, 0.4) is 0 Å². The molecule has 0 aromatic heterocycles. The quantitative estimate of drug-likeness (QED) is 0.762. The molecule has 2 atom stereocenters. The molecule has 1 aliphatic rings. The normalized spacial score (nSPS) is 15.6. The number of nitrogens with one attached hydrogen (secondary N) is 1. The summed E-state index contributed by atoms with van der Waals surface area (Å²) in [5, 5.41) is 3.14. The molecule has 27 heavy (non-hydrogen) atoms. The van der Waals surface area contributed by atoms with Crippen molar-refractivity contribution in [2.24, 2.45) is 0 Å². The summed E-state index contributed by atoms with van der Waals surface area (Å²) in [4.78, 5) is 12.8. The van der Waals surface area contributed by atoms with Crippen molar-refractivity contribution in [3.05, 3.63) is 64.2 Å². The smallest absolute Gasteiger partial charge is 0.261 e. The average Bonchev–Trinajstić information content (AvgIpc) is 2.66. The summed E-state index contributed by atoms with van der Waals surface area (Å²) in [6, 6.07) is 12.7. The van der Waals surface area contributed by atoms with Crippen molar-refractivity contribution in [3.8, 4) is 5.75 Å². The predicted molar refractivity (Wildman–Crippen MR) is 110 cm³/mol. The van der Waals surface area contributed by atoms with Gasteiger partial charge in [-0.05, 0) is 81.2 Å². The highest BCUT2D eigenvalue weighted by atomic mass is 16.5. The summed E-state index contributed by atoms with van der Waals surface area (Å²) in [6.07, 6.45) is 5.03. The van der Waals surface area contributed by atoms with Crippen LogP contribution in [0.4, 0.5) is 0 Å². The van der Waals surface area contributed by atoms with E-state index in [1.165, 1.54) is 41.5 Å². The monoisotopic (exact) mass is 365 g/mol. The van der Waals surface area contributed by atoms with E-state index in [1.54, 1.807) is 0 Å². The van der Waals surface area contributed by atoms with Crippen molar-refractivity contribution in [1.29, 1.82) is 0 Å². The van der Waals surface area contributed by atoms with E-state index in [0.29, 0.717) is 6.42 Å². The maximum Gasteiger partial charge on any atom is 0.261 e. The van der Waals surface area contributed by atoms with Crippen LogP contribution in [0.2, 0.25) is 0 Å². The van der Waals surface area contributed by atoms with Crippen molar-refractivity contribution in [2.75, 3.05) is 0 Å². The van der Waals surface area contributed by atoms with E-state index in [0.717, 1.165) is 17.7 Å². The first-order chi connectivity index (χ1) is 13.0. The zero-order valence-electron chi connectivity index (χ0n) is 17.0. The summed E-state index contributed by atoms with van der Waals surface area (Å²) < 4.78 is 6.03. The standard InChI is InChI=1S/C24H31NO2/c1-5-22(27-23-13-10-16(2)14-17(23)3)24(26)25-18(4)20-12-11-19-8-6-7-9-21(19)15-20/h10-15,18,22H,5-9H2,1-4H3,(H,25,26)/t18-,22-/m1/s1. The molecule has 1 amide bonds. The minimum atomic E-state index is -0.480. The summed E-state index contributed by atoms with van der Waals surface area (Å²) in [7, 11) is 0. The van der Waals surface area contributed by atoms with Crippen molar-refractivity contribution >= 4 is 5.91 Å². The van der Waals surface area contributed by atoms with Gasteiger partial charge >= 0.3 is 0 Å². The Labute approximate surface area is 163 Å². The minimum absolute atomic E-state index is 0.0264. The fourth-order valence-electron chi connectivity index (χ4n) is 3.82. The van der Waals surface area contributed by atoms with Crippen LogP contribution in [0.5, 0.6) is 5.75 Å². The fourth-order valence-corrected chi connectivity index (χ4v) is 3.82. The third-order valence-corrected chi connectivity index (χ3v) is 5.49. The Bertz CT molecular complexity index is 812. The van der Waals surface area contributed by atoms with Gasteiger partial charge in [0.25, 0.3) is 5.91 Å². The number of hydrogen-bond acceptors (Lipinski definition) is 2. The summed E-state index contributed by atoms with van der Waals surface area (Å²) in [6.45, 7) is 8.10. The van der Waals surface area contributed by atoms with Gasteiger partial charge in [-0.25, -0.2) is 0 Å². The highest BCUT2D eigenvalue weighted by molar-refractivity contribution is 5.81. The number of benzene rings is 2. The van der Waals surface area contributed by atoms with E-state index < -0.39 is 6.10 Å². The zero-order valence-corrected chi connectivity index (χ0v) is 17.0. The van der Waals surface area contributed by atoms with Crippen LogP contribution >= 0.6 is 0 Å². The number of ether oxygens (including phenoxy) is 1. The largest absolute Gasteiger partial charge is 0.480 e. The Morgan fingerprint density at radius 2 is 1.81 bits per heavy atom. The third-order valence-electron chi connectivity index (χ3n) is 5.49. The van der Waals surface area contributed by atoms with Gasteiger partial charge in [0.05, 0.1) is 6.04 Å². The maximum atomic E-state index is 12.8. The fraction of sp³-hybridized carbons (Fsp3) is 0.458. The van der Waals surface area contributed by atoms with Gasteiger partial charge in [-0.3, -0.25) is 4.79 Å². The molecule has 144 valence electrons. The second-order valence-corrected chi connectivity index (χ2v) is 7.75. The van der Waals surface area contributed by atoms with Crippen molar-refractivity contribution in [2.45, 2.75) is 71.9 Å². The molecule has 0 spiro atoms. The predicted octanol–water partition coefficient (Wildman–Crippen LogP) is 5.22. The number of fused-ring (bicyclic) bond motifs is 1. The van der Waals surface area contributed by atoms with E-state index in [2.05, 4.69) is 36.5 Å². The molecule has 0 saturated carbocycles. The molecule has 1 N–H and O–H groups in total. The molecule has 0 heterocycles. The van der Waals surface area contributed by atoms with Crippen LogP contribution in [0, 0.1) is 13.8 Å². The highest BCUT2D eigenvalue weighted by Gasteiger charge is 2.22. The number of aryl methyl sites for hydroxylation is 4. The van der Waals surface area contributed by atoms with E-state index >= 15 is 0 Å². The van der Waals surface area contributed by atoms with Gasteiger partial charge in [0.2, 0.25) is 0 Å². The van der Waals surface area contributed by atoms with Crippen LogP contribution in [0.1, 0.15) is 67.0 Å². The van der Waals surface area contributed by atoms with Crippen molar-refractivity contribution in [1.82, 2.24) is 5.32 Å². The van der Waals surface area contributed by atoms with Crippen LogP contribution in [0.15, 0.2) is 36.4 Å². The Hall–Kier alpha value is -2.29. The second kappa shape index (κ2) is 8.60. The number of carbonyl (C=O) groups excluding carboxylic acids is 1. The van der Waals surface area contributed by atoms with E-state index in [4.69, 9.17) is 4.74 Å². The van der Waals surface area contributed by atoms with Gasteiger partial charge in [-0.2, -0.15) is 0 Å². The lowest BCUT2D eigenvalue weighted by atomic mass is 9.89. The molecule has 0 bridgehead atoms. The lowest BCUT2D eigenvalue weighted by Gasteiger charge is -2.23. The molecule has 1 aliphatic carbocycles. The first kappa shape index (κ1) is 19.5. The maximum absolute atomic E-state index is 12.8. The molecule has 2 aromatic carbocycles. The Morgan fingerprint density at radius 1 is 1.07 bits per heavy atom. The first-order valence-electron chi connectivity index (χ1n) is 10.1. The molecule has 3 heteroatoms. The molecule has 3 nitrogen and oxygen atoms in total. The molecule has 3 rings (SSSR count). The van der Waals surface area contributed by atoms with E-state index in [1.807, 2.05) is 32.9 Å². The van der Waals surface area contributed by atoms with Crippen LogP contribution in [-0.4, -0.2) is 12.0 Å². The molecular formula is C24H31NO2. The summed E-state index contributed by atoms with van der Waals surface area (Å²) in [5.74, 6) is 0.728. The second-order valence-electron chi connectivity index (χ2n) is 7.75. The molecule has 0 saturated heterocycles. The van der Waals surface area contributed by atoms with Crippen molar-refractivity contribution < 1.29 is 9.53 Å². The van der Waals surface area contributed by atoms with Crippen molar-refractivity contribution in [3.63, 3.8) is 0 Å². The molecule has 0 radical (unpaired) electrons. The summed E-state index contributed by atoms with van der Waals surface area (Å²) >= 11 is 0. The van der Waals surface area contributed by atoms with Crippen LogP contribution in [0.25, 0.3) is 0 Å². The number of rotatable bonds is 6. The minimum Gasteiger partial charge on any atom is -0.480 e. The third kappa shape index (κ3) is 4.71. The van der Waals surface area contributed by atoms with E-state index in [-0.39, 0.29) is 11.9 Å². The molecular weight excluding hydrogens is 334 g/mol. The Balaban J connectivity index is 1.67. The summed E-state index contributed by atoms with van der Waals surface area (Å²) in [5.41, 5.74) is 6.33. The lowest BCUT2D eigenvalue weighted by molar-refractivity contribution is -0.128. The zero-order chi connectivity index (χ0) is 19.4. The Kier molecular flexibility index (Phi) is 6.20. The van der Waals surface area contributed by atoms with Gasteiger partial charge in [0.15, 0.2) is 6.10 Å². The van der Waals surface area contributed by atoms with Gasteiger partial charge in [0.1, 0.15) is 5.75 Å². The highest BCUT2D eigenvalue weighted by Crippen LogP contribution is 2.25. The molecule has 0 fully saturated rings. The van der Waals surface area contributed by atoms with E-state index in [9.17, 15) is 4.79 Å². The van der Waals surface area contributed by atoms with Gasteiger partial charge < -0.3 is 10.1 Å². The first-order valence-corrected chi connectivity index (χ1v) is 10.1. The molecule has 0 unspecified atom stereocenters.